The van der Waals surface area contributed by atoms with E-state index in [1.807, 2.05) is 18.2 Å². The second kappa shape index (κ2) is 6.02. The number of hydrogen-bond acceptors (Lipinski definition) is 2. The minimum absolute atomic E-state index is 0.307. The Morgan fingerprint density at radius 3 is 2.44 bits per heavy atom. The summed E-state index contributed by atoms with van der Waals surface area (Å²) in [5.41, 5.74) is 3.26. The lowest BCUT2D eigenvalue weighted by molar-refractivity contribution is -0.130. The number of carbonyl (C=O) groups excluding carboxylic acids is 1. The molecule has 0 atom stereocenters. The second-order valence-electron chi connectivity index (χ2n) is 6.11. The fraction of sp³-hybridized carbons (Fsp3) is 0.0455. The van der Waals surface area contributed by atoms with Crippen molar-refractivity contribution in [1.82, 2.24) is 0 Å². The molecule has 0 aromatic heterocycles. The van der Waals surface area contributed by atoms with E-state index in [2.05, 4.69) is 25.1 Å². The zero-order valence-electron chi connectivity index (χ0n) is 13.6. The average Bonchev–Trinajstić information content (AvgIpc) is 2.97. The van der Waals surface area contributed by atoms with Gasteiger partial charge in [-0.2, -0.15) is 0 Å². The largest absolute Gasteiger partial charge is 0.422 e. The van der Waals surface area contributed by atoms with Gasteiger partial charge in [-0.3, -0.25) is 0 Å². The summed E-state index contributed by atoms with van der Waals surface area (Å²) in [6, 6.07) is 18.2. The zero-order valence-corrected chi connectivity index (χ0v) is 13.6. The first-order valence-corrected chi connectivity index (χ1v) is 8.00. The number of carbonyl (C=O) groups is 1. The molecule has 0 unspecified atom stereocenters. The number of fused-ring (bicyclic) bond motifs is 1. The molecule has 0 N–H and O–H groups in total. The van der Waals surface area contributed by atoms with Gasteiger partial charge in [-0.1, -0.05) is 48.0 Å². The average molecular weight is 330 g/mol. The second-order valence-corrected chi connectivity index (χ2v) is 6.11. The maximum atomic E-state index is 13.0. The summed E-state index contributed by atoms with van der Waals surface area (Å²) < 4.78 is 18.4. The van der Waals surface area contributed by atoms with Crippen LogP contribution < -0.4 is 0 Å². The van der Waals surface area contributed by atoms with Crippen molar-refractivity contribution < 1.29 is 13.9 Å². The van der Waals surface area contributed by atoms with E-state index in [1.54, 1.807) is 24.3 Å². The molecule has 0 saturated carbocycles. The van der Waals surface area contributed by atoms with E-state index < -0.39 is 5.97 Å². The van der Waals surface area contributed by atoms with Gasteiger partial charge in [0.2, 0.25) is 0 Å². The number of esters is 1. The number of rotatable bonds is 2. The molecule has 4 rings (SSSR count). The van der Waals surface area contributed by atoms with Gasteiger partial charge in [0.1, 0.15) is 11.6 Å². The lowest BCUT2D eigenvalue weighted by Crippen LogP contribution is -1.97. The molecule has 2 nitrogen and oxygen atoms in total. The van der Waals surface area contributed by atoms with E-state index in [0.717, 1.165) is 21.9 Å². The molecule has 1 aliphatic heterocycles. The highest BCUT2D eigenvalue weighted by molar-refractivity contribution is 6.05. The van der Waals surface area contributed by atoms with Crippen molar-refractivity contribution in [3.05, 3.63) is 94.8 Å². The summed E-state index contributed by atoms with van der Waals surface area (Å²) >= 11 is 0. The molecule has 122 valence electrons. The van der Waals surface area contributed by atoms with E-state index in [4.69, 9.17) is 4.74 Å². The van der Waals surface area contributed by atoms with Crippen molar-refractivity contribution in [2.24, 2.45) is 0 Å². The number of benzene rings is 3. The van der Waals surface area contributed by atoms with Crippen LogP contribution in [0, 0.1) is 12.7 Å². The summed E-state index contributed by atoms with van der Waals surface area (Å²) in [5, 5.41) is 2.24. The maximum absolute atomic E-state index is 13.0. The van der Waals surface area contributed by atoms with Crippen LogP contribution >= 0.6 is 0 Å². The van der Waals surface area contributed by atoms with Gasteiger partial charge in [-0.15, -0.1) is 0 Å². The van der Waals surface area contributed by atoms with E-state index in [9.17, 15) is 9.18 Å². The molecule has 1 heterocycles. The van der Waals surface area contributed by atoms with Crippen LogP contribution in [0.3, 0.4) is 0 Å². The van der Waals surface area contributed by atoms with Crippen LogP contribution in [-0.2, 0) is 9.53 Å². The quantitative estimate of drug-likeness (QED) is 0.473. The molecule has 0 amide bonds. The van der Waals surface area contributed by atoms with Gasteiger partial charge in [-0.25, -0.2) is 9.18 Å². The van der Waals surface area contributed by atoms with E-state index in [0.29, 0.717) is 11.3 Å². The van der Waals surface area contributed by atoms with Crippen molar-refractivity contribution in [3.63, 3.8) is 0 Å². The van der Waals surface area contributed by atoms with Crippen LogP contribution in [0.1, 0.15) is 16.7 Å². The molecule has 3 aromatic rings. The van der Waals surface area contributed by atoms with E-state index in [1.165, 1.54) is 17.7 Å². The molecule has 0 saturated heterocycles. The number of hydrogen-bond donors (Lipinski definition) is 0. The zero-order chi connectivity index (χ0) is 17.4. The van der Waals surface area contributed by atoms with Gasteiger partial charge in [0.25, 0.3) is 0 Å². The minimum Gasteiger partial charge on any atom is -0.422 e. The molecule has 0 radical (unpaired) electrons. The van der Waals surface area contributed by atoms with Crippen LogP contribution in [-0.4, -0.2) is 5.97 Å². The van der Waals surface area contributed by atoms with E-state index >= 15 is 0 Å². The Morgan fingerprint density at radius 1 is 0.920 bits per heavy atom. The smallest absolute Gasteiger partial charge is 0.343 e. The molecule has 0 bridgehead atoms. The standard InChI is InChI=1S/C22H15FO2/c1-14-2-5-17-12-18(7-6-16(17)10-14)21-13-19(22(24)25-21)11-15-3-8-20(23)9-4-15/h2-13H,1H3/b19-11+. The predicted octanol–water partition coefficient (Wildman–Crippen LogP) is 5.27. The fourth-order valence-corrected chi connectivity index (χ4v) is 2.89. The highest BCUT2D eigenvalue weighted by atomic mass is 19.1. The molecular formula is C22H15FO2. The van der Waals surface area contributed by atoms with Gasteiger partial charge in [0.05, 0.1) is 5.57 Å². The maximum Gasteiger partial charge on any atom is 0.343 e. The highest BCUT2D eigenvalue weighted by Gasteiger charge is 2.22. The summed E-state index contributed by atoms with van der Waals surface area (Å²) in [6.07, 6.45) is 3.42. The molecular weight excluding hydrogens is 315 g/mol. The molecule has 25 heavy (non-hydrogen) atoms. The fourth-order valence-electron chi connectivity index (χ4n) is 2.89. The third-order valence-electron chi connectivity index (χ3n) is 4.20. The number of cyclic esters (lactones) is 1. The van der Waals surface area contributed by atoms with Crippen molar-refractivity contribution in [2.75, 3.05) is 0 Å². The van der Waals surface area contributed by atoms with Crippen LogP contribution in [0.25, 0.3) is 22.6 Å². The van der Waals surface area contributed by atoms with Crippen molar-refractivity contribution in [1.29, 1.82) is 0 Å². The topological polar surface area (TPSA) is 26.3 Å². The summed E-state index contributed by atoms with van der Waals surface area (Å²) in [5.74, 6) is -0.178. The van der Waals surface area contributed by atoms with Gasteiger partial charge in [-0.05, 0) is 53.6 Å². The van der Waals surface area contributed by atoms with Crippen molar-refractivity contribution in [2.45, 2.75) is 6.92 Å². The lowest BCUT2D eigenvalue weighted by atomic mass is 10.0. The number of halogens is 1. The van der Waals surface area contributed by atoms with Gasteiger partial charge < -0.3 is 4.74 Å². The first-order valence-electron chi connectivity index (χ1n) is 8.00. The first-order chi connectivity index (χ1) is 12.1. The molecule has 3 aromatic carbocycles. The molecule has 1 aliphatic rings. The molecule has 3 heteroatoms. The van der Waals surface area contributed by atoms with Crippen molar-refractivity contribution in [3.8, 4) is 0 Å². The predicted molar refractivity (Wildman–Crippen MR) is 97.1 cm³/mol. The first kappa shape index (κ1) is 15.3. The van der Waals surface area contributed by atoms with Crippen LogP contribution in [0.4, 0.5) is 4.39 Å². The van der Waals surface area contributed by atoms with Gasteiger partial charge >= 0.3 is 5.97 Å². The van der Waals surface area contributed by atoms with Crippen LogP contribution in [0.15, 0.2) is 72.3 Å². The minimum atomic E-state index is -0.400. The Kier molecular flexibility index (Phi) is 3.69. The van der Waals surface area contributed by atoms with Gasteiger partial charge in [0, 0.05) is 5.56 Å². The SMILES string of the molecule is Cc1ccc2cc(C3=C/C(=C\c4ccc(F)cc4)C(=O)O3)ccc2c1. The number of ether oxygens (including phenoxy) is 1. The third-order valence-corrected chi connectivity index (χ3v) is 4.20. The molecule has 0 spiro atoms. The normalized spacial score (nSPS) is 15.5. The van der Waals surface area contributed by atoms with Gasteiger partial charge in [0.15, 0.2) is 0 Å². The lowest BCUT2D eigenvalue weighted by Gasteiger charge is -2.05. The monoisotopic (exact) mass is 330 g/mol. The third kappa shape index (κ3) is 3.09. The van der Waals surface area contributed by atoms with E-state index in [-0.39, 0.29) is 5.82 Å². The summed E-state index contributed by atoms with van der Waals surface area (Å²) in [6.45, 7) is 2.06. The summed E-state index contributed by atoms with van der Waals surface area (Å²) in [4.78, 5) is 12.1. The Bertz CT molecular complexity index is 1040. The van der Waals surface area contributed by atoms with Crippen LogP contribution in [0.5, 0.6) is 0 Å². The molecule has 0 aliphatic carbocycles. The Hall–Kier alpha value is -3.20. The van der Waals surface area contributed by atoms with Crippen molar-refractivity contribution >= 4 is 28.6 Å². The number of aryl methyl sites for hydroxylation is 1. The van der Waals surface area contributed by atoms with Crippen LogP contribution in [0.2, 0.25) is 0 Å². The Morgan fingerprint density at radius 2 is 1.64 bits per heavy atom. The Balaban J connectivity index is 1.70. The summed E-state index contributed by atoms with van der Waals surface area (Å²) in [7, 11) is 0. The Labute approximate surface area is 144 Å². The molecule has 0 fully saturated rings. The highest BCUT2D eigenvalue weighted by Crippen LogP contribution is 2.29.